The molecule has 1 aliphatic rings. The van der Waals surface area contributed by atoms with Gasteiger partial charge in [0, 0.05) is 22.7 Å². The minimum Gasteiger partial charge on any atom is -0.397 e. The number of nitrogen functional groups attached to an aromatic ring is 1. The van der Waals surface area contributed by atoms with Crippen molar-refractivity contribution in [1.82, 2.24) is 0 Å². The molecule has 0 unspecified atom stereocenters. The maximum atomic E-state index is 11.9. The molecule has 12 heteroatoms. The van der Waals surface area contributed by atoms with Gasteiger partial charge in [0.25, 0.3) is 20.2 Å². The van der Waals surface area contributed by atoms with Crippen LogP contribution in [0.4, 0.5) is 34.1 Å². The number of anilines is 5. The lowest BCUT2D eigenvalue weighted by atomic mass is 9.90. The SMILES string of the molecule is Cc1ccc(Nc2ccc(C(=C3C=CC(=Nc4ccc(S(=O)(=O)O)cc4)C=C3)c3ccc(Nc4cc(C)c(N)c(S(=O)(=O)O)c4)cc3)cc2)cc1. The van der Waals surface area contributed by atoms with Gasteiger partial charge >= 0.3 is 0 Å². The second-order valence-corrected chi connectivity index (χ2v) is 14.8. The first-order chi connectivity index (χ1) is 24.2. The molecule has 0 fully saturated rings. The van der Waals surface area contributed by atoms with Crippen LogP contribution in [0.3, 0.4) is 0 Å². The summed E-state index contributed by atoms with van der Waals surface area (Å²) in [4.78, 5) is 4.02. The van der Waals surface area contributed by atoms with Crippen LogP contribution in [0.25, 0.3) is 5.57 Å². The lowest BCUT2D eigenvalue weighted by molar-refractivity contribution is 0.481. The molecule has 6 N–H and O–H groups in total. The highest BCUT2D eigenvalue weighted by molar-refractivity contribution is 7.86. The highest BCUT2D eigenvalue weighted by Gasteiger charge is 2.18. The van der Waals surface area contributed by atoms with E-state index in [0.29, 0.717) is 28.3 Å². The molecule has 10 nitrogen and oxygen atoms in total. The van der Waals surface area contributed by atoms with Gasteiger partial charge in [-0.25, -0.2) is 4.99 Å². The molecule has 5 aromatic carbocycles. The Morgan fingerprint density at radius 2 is 1.10 bits per heavy atom. The topological polar surface area (TPSA) is 171 Å². The van der Waals surface area contributed by atoms with Crippen LogP contribution >= 0.6 is 0 Å². The van der Waals surface area contributed by atoms with Gasteiger partial charge in [-0.1, -0.05) is 54.1 Å². The Morgan fingerprint density at radius 1 is 0.608 bits per heavy atom. The number of nitrogens with two attached hydrogens (primary N) is 1. The van der Waals surface area contributed by atoms with Gasteiger partial charge in [0.1, 0.15) is 4.90 Å². The first kappa shape index (κ1) is 35.1. The van der Waals surface area contributed by atoms with Crippen LogP contribution in [0.2, 0.25) is 0 Å². The van der Waals surface area contributed by atoms with Crippen molar-refractivity contribution in [3.05, 3.63) is 161 Å². The number of aliphatic imine (C=N–C) groups is 1. The molecule has 5 aromatic rings. The zero-order chi connectivity index (χ0) is 36.3. The zero-order valence-electron chi connectivity index (χ0n) is 27.6. The van der Waals surface area contributed by atoms with Crippen LogP contribution in [0.1, 0.15) is 22.3 Å². The fourth-order valence-electron chi connectivity index (χ4n) is 5.51. The highest BCUT2D eigenvalue weighted by Crippen LogP contribution is 2.33. The van der Waals surface area contributed by atoms with E-state index < -0.39 is 20.2 Å². The maximum absolute atomic E-state index is 11.9. The molecule has 0 spiro atoms. The third-order valence-electron chi connectivity index (χ3n) is 8.15. The summed E-state index contributed by atoms with van der Waals surface area (Å²) in [6, 6.07) is 32.6. The summed E-state index contributed by atoms with van der Waals surface area (Å²) in [5.41, 5.74) is 15.6. The van der Waals surface area contributed by atoms with Crippen LogP contribution in [0, 0.1) is 13.8 Å². The summed E-state index contributed by atoms with van der Waals surface area (Å²) < 4.78 is 65.5. The van der Waals surface area contributed by atoms with E-state index in [2.05, 4.69) is 15.6 Å². The number of hydrogen-bond donors (Lipinski definition) is 5. The first-order valence-corrected chi connectivity index (χ1v) is 18.6. The smallest absolute Gasteiger partial charge is 0.296 e. The van der Waals surface area contributed by atoms with E-state index in [-0.39, 0.29) is 15.5 Å². The number of allylic oxidation sites excluding steroid dienone is 5. The lowest BCUT2D eigenvalue weighted by Gasteiger charge is -2.16. The van der Waals surface area contributed by atoms with Gasteiger partial charge in [0.15, 0.2) is 0 Å². The summed E-state index contributed by atoms with van der Waals surface area (Å²) in [5, 5.41) is 6.63. The Labute approximate surface area is 296 Å². The van der Waals surface area contributed by atoms with Crippen LogP contribution < -0.4 is 16.4 Å². The van der Waals surface area contributed by atoms with Crippen molar-refractivity contribution in [1.29, 1.82) is 0 Å². The number of nitrogens with one attached hydrogen (secondary N) is 2. The van der Waals surface area contributed by atoms with Gasteiger partial charge in [-0.15, -0.1) is 0 Å². The van der Waals surface area contributed by atoms with Crippen molar-refractivity contribution >= 4 is 65.6 Å². The van der Waals surface area contributed by atoms with Gasteiger partial charge in [0.05, 0.1) is 22.0 Å². The molecule has 51 heavy (non-hydrogen) atoms. The summed E-state index contributed by atoms with van der Waals surface area (Å²) in [6.45, 7) is 3.71. The minimum atomic E-state index is -4.51. The van der Waals surface area contributed by atoms with Crippen molar-refractivity contribution in [2.45, 2.75) is 23.6 Å². The molecule has 0 heterocycles. The molecular formula is C39H34N4O6S2. The molecule has 1 aliphatic carbocycles. The molecule has 0 radical (unpaired) electrons. The van der Waals surface area contributed by atoms with Gasteiger partial charge in [-0.05, 0) is 127 Å². The number of benzene rings is 5. The fraction of sp³-hybridized carbons (Fsp3) is 0.0513. The molecule has 0 amide bonds. The average Bonchev–Trinajstić information content (AvgIpc) is 3.09. The van der Waals surface area contributed by atoms with Gasteiger partial charge in [0.2, 0.25) is 0 Å². The summed E-state index contributed by atoms with van der Waals surface area (Å²) in [6.07, 6.45) is 7.65. The number of aryl methyl sites for hydroxylation is 2. The van der Waals surface area contributed by atoms with E-state index in [1.807, 2.05) is 104 Å². The molecule has 0 atom stereocenters. The van der Waals surface area contributed by atoms with Crippen molar-refractivity contribution in [2.24, 2.45) is 4.99 Å². The molecule has 0 aromatic heterocycles. The van der Waals surface area contributed by atoms with E-state index in [9.17, 15) is 25.9 Å². The van der Waals surface area contributed by atoms with Crippen LogP contribution in [0.15, 0.2) is 154 Å². The minimum absolute atomic E-state index is 0.00778. The lowest BCUT2D eigenvalue weighted by Crippen LogP contribution is -2.06. The third-order valence-corrected chi connectivity index (χ3v) is 9.91. The Hall–Kier alpha value is -5.79. The predicted octanol–water partition coefficient (Wildman–Crippen LogP) is 8.57. The van der Waals surface area contributed by atoms with Crippen LogP contribution in [-0.4, -0.2) is 31.7 Å². The molecule has 6 rings (SSSR count). The zero-order valence-corrected chi connectivity index (χ0v) is 29.2. The van der Waals surface area contributed by atoms with E-state index in [1.54, 1.807) is 13.0 Å². The van der Waals surface area contributed by atoms with Gasteiger partial charge in [-0.3, -0.25) is 9.11 Å². The predicted molar refractivity (Wildman–Crippen MR) is 204 cm³/mol. The van der Waals surface area contributed by atoms with E-state index in [1.165, 1.54) is 35.9 Å². The average molecular weight is 719 g/mol. The Bertz CT molecular complexity index is 2430. The molecule has 0 aliphatic heterocycles. The Balaban J connectivity index is 1.32. The molecule has 0 saturated heterocycles. The molecule has 258 valence electrons. The quantitative estimate of drug-likeness (QED) is 0.0740. The van der Waals surface area contributed by atoms with Gasteiger partial charge < -0.3 is 16.4 Å². The molecule has 0 bridgehead atoms. The number of hydrogen-bond acceptors (Lipinski definition) is 8. The molecule has 0 saturated carbocycles. The largest absolute Gasteiger partial charge is 0.397 e. The second kappa shape index (κ2) is 14.2. The maximum Gasteiger partial charge on any atom is 0.296 e. The Kier molecular flexibility index (Phi) is 9.77. The monoisotopic (exact) mass is 718 g/mol. The van der Waals surface area contributed by atoms with Crippen LogP contribution in [-0.2, 0) is 20.2 Å². The van der Waals surface area contributed by atoms with Crippen molar-refractivity contribution in [3.63, 3.8) is 0 Å². The standard InChI is InChI=1S/C39H34N4O6S2/c1-25-3-11-30(12-4-25)41-31-13-5-27(6-14-31)38(28-7-15-32(16-8-28)42-34-19-21-36(22-20-34)50(44,45)46)29-9-17-33(18-10-29)43-35-23-26(2)39(40)37(24-35)51(47,48)49/h3-24,41,43H,40H2,1-2H3,(H,44,45,46)(H,47,48,49). The number of rotatable bonds is 9. The summed E-state index contributed by atoms with van der Waals surface area (Å²) in [5.74, 6) is 0. The van der Waals surface area contributed by atoms with E-state index in [4.69, 9.17) is 5.73 Å². The van der Waals surface area contributed by atoms with Gasteiger partial charge in [-0.2, -0.15) is 16.8 Å². The van der Waals surface area contributed by atoms with Crippen molar-refractivity contribution < 1.29 is 25.9 Å². The Morgan fingerprint density at radius 3 is 1.59 bits per heavy atom. The summed E-state index contributed by atoms with van der Waals surface area (Å²) in [7, 11) is -8.81. The van der Waals surface area contributed by atoms with Crippen LogP contribution in [0.5, 0.6) is 0 Å². The van der Waals surface area contributed by atoms with Crippen molar-refractivity contribution in [3.8, 4) is 0 Å². The summed E-state index contributed by atoms with van der Waals surface area (Å²) >= 11 is 0. The molecular weight excluding hydrogens is 685 g/mol. The highest BCUT2D eigenvalue weighted by atomic mass is 32.2. The number of nitrogens with zero attached hydrogens (tertiary/aromatic N) is 1. The normalized spacial score (nSPS) is 12.9. The fourth-order valence-corrected chi connectivity index (χ4v) is 6.70. The second-order valence-electron chi connectivity index (χ2n) is 12.0. The van der Waals surface area contributed by atoms with E-state index >= 15 is 0 Å². The first-order valence-electron chi connectivity index (χ1n) is 15.7. The van der Waals surface area contributed by atoms with E-state index in [0.717, 1.165) is 33.6 Å². The van der Waals surface area contributed by atoms with Crippen molar-refractivity contribution in [2.75, 3.05) is 16.4 Å². The third kappa shape index (κ3) is 8.51.